The largest absolute Gasteiger partial charge is 0.466 e. The molecule has 0 aromatic carbocycles. The minimum absolute atomic E-state index is 0.238. The van der Waals surface area contributed by atoms with Gasteiger partial charge in [-0.25, -0.2) is 0 Å². The van der Waals surface area contributed by atoms with Crippen molar-refractivity contribution < 1.29 is 28.5 Å². The number of halogens is 1. The van der Waals surface area contributed by atoms with Gasteiger partial charge in [0.05, 0.1) is 65.9 Å². The van der Waals surface area contributed by atoms with Gasteiger partial charge in [-0.3, -0.25) is 4.79 Å². The fourth-order valence-electron chi connectivity index (χ4n) is 1.21. The molecule has 0 bridgehead atoms. The monoisotopic (exact) mass is 312 g/mol. The van der Waals surface area contributed by atoms with Crippen molar-refractivity contribution in [2.24, 2.45) is 0 Å². The van der Waals surface area contributed by atoms with Crippen molar-refractivity contribution >= 4 is 17.6 Å². The zero-order valence-electron chi connectivity index (χ0n) is 12.1. The van der Waals surface area contributed by atoms with E-state index in [9.17, 15) is 4.79 Å². The topological polar surface area (TPSA) is 63.2 Å². The van der Waals surface area contributed by atoms with Crippen LogP contribution in [0.4, 0.5) is 0 Å². The minimum Gasteiger partial charge on any atom is -0.466 e. The fourth-order valence-corrected chi connectivity index (χ4v) is 1.31. The molecular weight excluding hydrogens is 288 g/mol. The Morgan fingerprint density at radius 3 is 1.70 bits per heavy atom. The van der Waals surface area contributed by atoms with Crippen molar-refractivity contribution in [3.63, 3.8) is 0 Å². The van der Waals surface area contributed by atoms with E-state index in [1.54, 1.807) is 6.92 Å². The summed E-state index contributed by atoms with van der Waals surface area (Å²) in [5.74, 6) is 0.262. The van der Waals surface area contributed by atoms with Gasteiger partial charge in [-0.15, -0.1) is 11.6 Å². The molecule has 0 heterocycles. The number of alkyl halides is 1. The van der Waals surface area contributed by atoms with Crippen molar-refractivity contribution in [3.05, 3.63) is 0 Å². The first kappa shape index (κ1) is 19.6. The first-order valence-electron chi connectivity index (χ1n) is 6.83. The molecule has 0 atom stereocenters. The van der Waals surface area contributed by atoms with E-state index in [1.165, 1.54) is 0 Å². The molecule has 0 aromatic rings. The molecular formula is C13H25ClO6. The molecule has 0 rings (SSSR count). The molecule has 0 unspecified atom stereocenters. The molecule has 0 aromatic heterocycles. The maximum absolute atomic E-state index is 11.0. The summed E-state index contributed by atoms with van der Waals surface area (Å²) >= 11 is 5.44. The second-order valence-electron chi connectivity index (χ2n) is 3.69. The molecule has 0 radical (unpaired) electrons. The van der Waals surface area contributed by atoms with Crippen LogP contribution in [0, 0.1) is 0 Å². The smallest absolute Gasteiger partial charge is 0.308 e. The van der Waals surface area contributed by atoms with Crippen LogP contribution in [-0.2, 0) is 28.5 Å². The van der Waals surface area contributed by atoms with Crippen molar-refractivity contribution in [2.45, 2.75) is 13.3 Å². The van der Waals surface area contributed by atoms with Gasteiger partial charge in [0.1, 0.15) is 0 Å². The lowest BCUT2D eigenvalue weighted by molar-refractivity contribution is -0.144. The van der Waals surface area contributed by atoms with Crippen molar-refractivity contribution in [2.75, 3.05) is 65.3 Å². The summed E-state index contributed by atoms with van der Waals surface area (Å²) in [6.07, 6.45) is 0.277. The number of carbonyl (C=O) groups is 1. The van der Waals surface area contributed by atoms with E-state index in [0.717, 1.165) is 0 Å². The normalized spacial score (nSPS) is 10.7. The van der Waals surface area contributed by atoms with Gasteiger partial charge in [0.2, 0.25) is 0 Å². The molecule has 0 N–H and O–H groups in total. The van der Waals surface area contributed by atoms with Crippen LogP contribution >= 0.6 is 11.6 Å². The van der Waals surface area contributed by atoms with Gasteiger partial charge < -0.3 is 23.7 Å². The Labute approximate surface area is 125 Å². The van der Waals surface area contributed by atoms with Gasteiger partial charge in [-0.1, -0.05) is 0 Å². The lowest BCUT2D eigenvalue weighted by Gasteiger charge is -2.07. The van der Waals surface area contributed by atoms with Crippen molar-refractivity contribution in [1.82, 2.24) is 0 Å². The number of rotatable bonds is 15. The quantitative estimate of drug-likeness (QED) is 0.258. The Morgan fingerprint density at radius 1 is 0.800 bits per heavy atom. The molecule has 6 nitrogen and oxygen atoms in total. The Hall–Kier alpha value is -0.400. The first-order valence-corrected chi connectivity index (χ1v) is 7.37. The summed E-state index contributed by atoms with van der Waals surface area (Å²) in [5.41, 5.74) is 0. The van der Waals surface area contributed by atoms with E-state index in [0.29, 0.717) is 65.3 Å². The average Bonchev–Trinajstić information content (AvgIpc) is 2.44. The lowest BCUT2D eigenvalue weighted by Crippen LogP contribution is -2.13. The van der Waals surface area contributed by atoms with Crippen LogP contribution in [0.25, 0.3) is 0 Å². The van der Waals surface area contributed by atoms with E-state index in [4.69, 9.17) is 35.3 Å². The average molecular weight is 313 g/mol. The Morgan fingerprint density at radius 2 is 1.25 bits per heavy atom. The molecule has 0 fully saturated rings. The molecule has 0 aliphatic heterocycles. The van der Waals surface area contributed by atoms with Crippen LogP contribution in [0.5, 0.6) is 0 Å². The molecule has 0 aliphatic carbocycles. The highest BCUT2D eigenvalue weighted by Crippen LogP contribution is 1.88. The van der Waals surface area contributed by atoms with Gasteiger partial charge in [0.15, 0.2) is 0 Å². The number of hydrogen-bond donors (Lipinski definition) is 0. The molecule has 20 heavy (non-hydrogen) atoms. The summed E-state index contributed by atoms with van der Waals surface area (Å²) in [6, 6.07) is 0. The number of ether oxygens (including phenoxy) is 5. The summed E-state index contributed by atoms with van der Waals surface area (Å²) in [5, 5.41) is 0. The van der Waals surface area contributed by atoms with Gasteiger partial charge in [0, 0.05) is 5.88 Å². The van der Waals surface area contributed by atoms with Crippen LogP contribution in [0.1, 0.15) is 13.3 Å². The predicted molar refractivity (Wildman–Crippen MR) is 75.2 cm³/mol. The highest BCUT2D eigenvalue weighted by Gasteiger charge is 2.00. The maximum Gasteiger partial charge on any atom is 0.308 e. The third-order valence-electron chi connectivity index (χ3n) is 2.09. The lowest BCUT2D eigenvalue weighted by atomic mass is 10.5. The summed E-state index contributed by atoms with van der Waals surface area (Å²) < 4.78 is 25.7. The maximum atomic E-state index is 11.0. The number of esters is 1. The van der Waals surface area contributed by atoms with E-state index in [1.807, 2.05) is 0 Å². The Balaban J connectivity index is 3.01. The van der Waals surface area contributed by atoms with Crippen molar-refractivity contribution in [1.29, 1.82) is 0 Å². The summed E-state index contributed by atoms with van der Waals surface area (Å²) in [7, 11) is 0. The molecule has 0 saturated carbocycles. The van der Waals surface area contributed by atoms with Crippen LogP contribution in [0.15, 0.2) is 0 Å². The number of carbonyl (C=O) groups excluding carboxylic acids is 1. The molecule has 7 heteroatoms. The zero-order valence-corrected chi connectivity index (χ0v) is 12.9. The van der Waals surface area contributed by atoms with E-state index < -0.39 is 0 Å². The second kappa shape index (κ2) is 16.7. The Kier molecular flexibility index (Phi) is 16.3. The van der Waals surface area contributed by atoms with Gasteiger partial charge in [0.25, 0.3) is 0 Å². The highest BCUT2D eigenvalue weighted by atomic mass is 35.5. The molecule has 120 valence electrons. The van der Waals surface area contributed by atoms with Gasteiger partial charge in [-0.05, 0) is 6.92 Å². The molecule has 0 amide bonds. The molecule has 0 aliphatic rings. The summed E-state index contributed by atoms with van der Waals surface area (Å²) in [6.45, 7) is 6.13. The summed E-state index contributed by atoms with van der Waals surface area (Å²) in [4.78, 5) is 11.0. The SMILES string of the molecule is CCOC(=O)CCOCCOCCOCCOCCCl. The van der Waals surface area contributed by atoms with Gasteiger partial charge in [-0.2, -0.15) is 0 Å². The van der Waals surface area contributed by atoms with Crippen LogP contribution < -0.4 is 0 Å². The molecule has 0 saturated heterocycles. The predicted octanol–water partition coefficient (Wildman–Crippen LogP) is 1.24. The first-order chi connectivity index (χ1) is 9.81. The van der Waals surface area contributed by atoms with E-state index in [2.05, 4.69) is 0 Å². The third kappa shape index (κ3) is 15.7. The van der Waals surface area contributed by atoms with Gasteiger partial charge >= 0.3 is 5.97 Å². The van der Waals surface area contributed by atoms with Crippen LogP contribution in [-0.4, -0.2) is 71.3 Å². The van der Waals surface area contributed by atoms with Crippen LogP contribution in [0.2, 0.25) is 0 Å². The fraction of sp³-hybridized carbons (Fsp3) is 0.923. The third-order valence-corrected chi connectivity index (χ3v) is 2.25. The van der Waals surface area contributed by atoms with E-state index >= 15 is 0 Å². The highest BCUT2D eigenvalue weighted by molar-refractivity contribution is 6.17. The number of hydrogen-bond acceptors (Lipinski definition) is 6. The van der Waals surface area contributed by atoms with Crippen molar-refractivity contribution in [3.8, 4) is 0 Å². The standard InChI is InChI=1S/C13H25ClO6/c1-2-20-13(15)3-5-16-7-9-18-11-12-19-10-8-17-6-4-14/h2-12H2,1H3. The molecule has 0 spiro atoms. The minimum atomic E-state index is -0.238. The second-order valence-corrected chi connectivity index (χ2v) is 4.07. The van der Waals surface area contributed by atoms with Crippen LogP contribution in [0.3, 0.4) is 0 Å². The van der Waals surface area contributed by atoms with E-state index in [-0.39, 0.29) is 12.4 Å². The Bertz CT molecular complexity index is 215. The zero-order chi connectivity index (χ0) is 14.9.